The molecule has 3 aromatic rings. The van der Waals surface area contributed by atoms with Gasteiger partial charge in [0.2, 0.25) is 0 Å². The summed E-state index contributed by atoms with van der Waals surface area (Å²) in [6, 6.07) is 29.1. The van der Waals surface area contributed by atoms with Crippen LogP contribution in [0.1, 0.15) is 29.5 Å². The van der Waals surface area contributed by atoms with Crippen molar-refractivity contribution in [2.24, 2.45) is 0 Å². The smallest absolute Gasteiger partial charge is 0.115 e. The predicted octanol–water partition coefficient (Wildman–Crippen LogP) is 5.49. The Morgan fingerprint density at radius 1 is 0.741 bits per heavy atom. The number of phenols is 1. The summed E-state index contributed by atoms with van der Waals surface area (Å²) >= 11 is 0. The minimum atomic E-state index is 0.348. The normalized spacial score (nSPS) is 14.9. The molecule has 0 bridgehead atoms. The number of nitrogens with zero attached hydrogens (tertiary/aromatic N) is 1. The van der Waals surface area contributed by atoms with Gasteiger partial charge in [0.25, 0.3) is 0 Å². The first-order valence-electron chi connectivity index (χ1n) is 9.63. The van der Waals surface area contributed by atoms with Gasteiger partial charge >= 0.3 is 0 Å². The SMILES string of the molecule is Oc1cccc(CN2CCC(=C(c3ccccc3)c3ccccc3)CC2)c1. The molecule has 0 amide bonds. The zero-order chi connectivity index (χ0) is 18.5. The van der Waals surface area contributed by atoms with Crippen molar-refractivity contribution < 1.29 is 5.11 Å². The van der Waals surface area contributed by atoms with Crippen LogP contribution in [0.5, 0.6) is 5.75 Å². The molecule has 0 unspecified atom stereocenters. The maximum Gasteiger partial charge on any atom is 0.115 e. The summed E-state index contributed by atoms with van der Waals surface area (Å²) in [5, 5.41) is 9.68. The molecule has 1 heterocycles. The van der Waals surface area contributed by atoms with Crippen molar-refractivity contribution in [2.45, 2.75) is 19.4 Å². The van der Waals surface area contributed by atoms with Crippen LogP contribution >= 0.6 is 0 Å². The molecule has 1 N–H and O–H groups in total. The molecule has 1 fully saturated rings. The van der Waals surface area contributed by atoms with Crippen LogP contribution in [0.25, 0.3) is 5.57 Å². The van der Waals surface area contributed by atoms with Crippen LogP contribution in [-0.2, 0) is 6.54 Å². The van der Waals surface area contributed by atoms with E-state index in [4.69, 9.17) is 0 Å². The second-order valence-electron chi connectivity index (χ2n) is 7.16. The molecule has 0 radical (unpaired) electrons. The fraction of sp³-hybridized carbons (Fsp3) is 0.200. The van der Waals surface area contributed by atoms with Gasteiger partial charge in [-0.05, 0) is 47.2 Å². The summed E-state index contributed by atoms with van der Waals surface area (Å²) in [6.45, 7) is 3.00. The maximum atomic E-state index is 9.68. The average Bonchev–Trinajstić information content (AvgIpc) is 2.71. The van der Waals surface area contributed by atoms with Gasteiger partial charge in [0.1, 0.15) is 5.75 Å². The third-order valence-corrected chi connectivity index (χ3v) is 5.25. The first-order chi connectivity index (χ1) is 13.3. The van der Waals surface area contributed by atoms with Crippen LogP contribution in [0.15, 0.2) is 90.5 Å². The summed E-state index contributed by atoms with van der Waals surface area (Å²) in [5.74, 6) is 0.348. The third-order valence-electron chi connectivity index (χ3n) is 5.25. The second-order valence-corrected chi connectivity index (χ2v) is 7.16. The van der Waals surface area contributed by atoms with E-state index in [1.807, 2.05) is 12.1 Å². The van der Waals surface area contributed by atoms with Gasteiger partial charge in [-0.2, -0.15) is 0 Å². The Morgan fingerprint density at radius 2 is 1.33 bits per heavy atom. The summed E-state index contributed by atoms with van der Waals surface area (Å²) < 4.78 is 0. The van der Waals surface area contributed by atoms with E-state index in [-0.39, 0.29) is 0 Å². The summed E-state index contributed by atoms with van der Waals surface area (Å²) in [6.07, 6.45) is 2.16. The Kier molecular flexibility index (Phi) is 5.36. The molecule has 0 aliphatic carbocycles. The number of benzene rings is 3. The number of likely N-dealkylation sites (tertiary alicyclic amines) is 1. The van der Waals surface area contributed by atoms with E-state index < -0.39 is 0 Å². The summed E-state index contributed by atoms with van der Waals surface area (Å²) in [5.41, 5.74) is 6.72. The van der Waals surface area contributed by atoms with E-state index in [1.54, 1.807) is 11.6 Å². The fourth-order valence-corrected chi connectivity index (χ4v) is 3.93. The zero-order valence-corrected chi connectivity index (χ0v) is 15.5. The van der Waals surface area contributed by atoms with Crippen molar-refractivity contribution in [3.63, 3.8) is 0 Å². The predicted molar refractivity (Wildman–Crippen MR) is 112 cm³/mol. The molecular formula is C25H25NO. The van der Waals surface area contributed by atoms with E-state index in [2.05, 4.69) is 71.6 Å². The second kappa shape index (κ2) is 8.24. The topological polar surface area (TPSA) is 23.5 Å². The minimum Gasteiger partial charge on any atom is -0.508 e. The lowest BCUT2D eigenvalue weighted by Crippen LogP contribution is -2.30. The van der Waals surface area contributed by atoms with Crippen LogP contribution in [0, 0.1) is 0 Å². The Hall–Kier alpha value is -2.84. The zero-order valence-electron chi connectivity index (χ0n) is 15.5. The van der Waals surface area contributed by atoms with Gasteiger partial charge in [-0.15, -0.1) is 0 Å². The number of piperidine rings is 1. The average molecular weight is 355 g/mol. The van der Waals surface area contributed by atoms with Gasteiger partial charge in [-0.3, -0.25) is 4.90 Å². The quantitative estimate of drug-likeness (QED) is 0.669. The molecule has 1 aliphatic heterocycles. The number of hydrogen-bond donors (Lipinski definition) is 1. The molecule has 27 heavy (non-hydrogen) atoms. The Morgan fingerprint density at radius 3 is 1.89 bits per heavy atom. The van der Waals surface area contributed by atoms with Crippen LogP contribution < -0.4 is 0 Å². The van der Waals surface area contributed by atoms with Gasteiger partial charge in [0, 0.05) is 19.6 Å². The number of phenolic OH excluding ortho intramolecular Hbond substituents is 1. The molecule has 0 saturated carbocycles. The van der Waals surface area contributed by atoms with Gasteiger partial charge in [0.05, 0.1) is 0 Å². The highest BCUT2D eigenvalue weighted by atomic mass is 16.3. The highest BCUT2D eigenvalue weighted by Gasteiger charge is 2.19. The maximum absolute atomic E-state index is 9.68. The lowest BCUT2D eigenvalue weighted by molar-refractivity contribution is 0.248. The van der Waals surface area contributed by atoms with Gasteiger partial charge in [-0.1, -0.05) is 78.4 Å². The van der Waals surface area contributed by atoms with E-state index in [0.717, 1.165) is 32.5 Å². The Bertz CT molecular complexity index is 864. The van der Waals surface area contributed by atoms with Gasteiger partial charge < -0.3 is 5.11 Å². The summed E-state index contributed by atoms with van der Waals surface area (Å²) in [7, 11) is 0. The van der Waals surface area contributed by atoms with Crippen LogP contribution in [0.3, 0.4) is 0 Å². The standard InChI is InChI=1S/C25H25NO/c27-24-13-7-8-20(18-24)19-26-16-14-23(15-17-26)25(21-9-3-1-4-10-21)22-11-5-2-6-12-22/h1-13,18,27H,14-17,19H2. The molecule has 4 rings (SSSR count). The van der Waals surface area contributed by atoms with E-state index >= 15 is 0 Å². The number of hydrogen-bond acceptors (Lipinski definition) is 2. The molecule has 1 aliphatic rings. The van der Waals surface area contributed by atoms with Crippen molar-refractivity contribution >= 4 is 5.57 Å². The lowest BCUT2D eigenvalue weighted by Gasteiger charge is -2.30. The molecule has 3 aromatic carbocycles. The molecule has 2 nitrogen and oxygen atoms in total. The van der Waals surface area contributed by atoms with Crippen molar-refractivity contribution in [3.8, 4) is 5.75 Å². The van der Waals surface area contributed by atoms with Crippen LogP contribution in [0.4, 0.5) is 0 Å². The van der Waals surface area contributed by atoms with Crippen molar-refractivity contribution in [3.05, 3.63) is 107 Å². The van der Waals surface area contributed by atoms with Crippen molar-refractivity contribution in [1.29, 1.82) is 0 Å². The largest absolute Gasteiger partial charge is 0.508 e. The first-order valence-corrected chi connectivity index (χ1v) is 9.63. The number of rotatable bonds is 4. The molecule has 0 spiro atoms. The van der Waals surface area contributed by atoms with E-state index in [0.29, 0.717) is 5.75 Å². The minimum absolute atomic E-state index is 0.348. The molecule has 0 atom stereocenters. The third kappa shape index (κ3) is 4.29. The monoisotopic (exact) mass is 355 g/mol. The molecular weight excluding hydrogens is 330 g/mol. The fourth-order valence-electron chi connectivity index (χ4n) is 3.93. The highest BCUT2D eigenvalue weighted by Crippen LogP contribution is 2.32. The molecule has 136 valence electrons. The Balaban J connectivity index is 1.56. The van der Waals surface area contributed by atoms with Crippen LogP contribution in [-0.4, -0.2) is 23.1 Å². The molecule has 0 aromatic heterocycles. The number of aromatic hydroxyl groups is 1. The lowest BCUT2D eigenvalue weighted by atomic mass is 9.88. The van der Waals surface area contributed by atoms with Gasteiger partial charge in [0.15, 0.2) is 0 Å². The van der Waals surface area contributed by atoms with Gasteiger partial charge in [-0.25, -0.2) is 0 Å². The molecule has 2 heteroatoms. The summed E-state index contributed by atoms with van der Waals surface area (Å²) in [4.78, 5) is 2.48. The van der Waals surface area contributed by atoms with Crippen molar-refractivity contribution in [1.82, 2.24) is 4.90 Å². The van der Waals surface area contributed by atoms with Crippen molar-refractivity contribution in [2.75, 3.05) is 13.1 Å². The Labute approximate surface area is 161 Å². The molecule has 1 saturated heterocycles. The van der Waals surface area contributed by atoms with Crippen LogP contribution in [0.2, 0.25) is 0 Å². The van der Waals surface area contributed by atoms with E-state index in [9.17, 15) is 5.11 Å². The highest BCUT2D eigenvalue weighted by molar-refractivity contribution is 5.82. The van der Waals surface area contributed by atoms with E-state index in [1.165, 1.54) is 22.3 Å². The first kappa shape index (κ1) is 17.6.